The number of hydrogen-bond donors (Lipinski definition) is 0. The molecule has 0 radical (unpaired) electrons. The monoisotopic (exact) mass is 346 g/mol. The zero-order chi connectivity index (χ0) is 14.9. The fourth-order valence-corrected chi connectivity index (χ4v) is 4.49. The minimum absolute atomic E-state index is 0.218. The molecular formula is C19H22OSe. The van der Waals surface area contributed by atoms with Gasteiger partial charge >= 0.3 is 134 Å². The quantitative estimate of drug-likeness (QED) is 0.692. The molecule has 1 nitrogen and oxygen atoms in total. The van der Waals surface area contributed by atoms with Crippen LogP contribution in [0.15, 0.2) is 65.1 Å². The van der Waals surface area contributed by atoms with E-state index < -0.39 is 0 Å². The van der Waals surface area contributed by atoms with Crippen LogP contribution >= 0.6 is 0 Å². The van der Waals surface area contributed by atoms with E-state index >= 15 is 0 Å². The molecular weight excluding hydrogens is 323 g/mol. The fourth-order valence-electron chi connectivity index (χ4n) is 2.13. The fraction of sp³-hybridized carbons (Fsp3) is 0.263. The van der Waals surface area contributed by atoms with Gasteiger partial charge in [-0.25, -0.2) is 0 Å². The number of benzene rings is 2. The summed E-state index contributed by atoms with van der Waals surface area (Å²) in [5.74, 6) is 0. The summed E-state index contributed by atoms with van der Waals surface area (Å²) < 4.78 is 8.75. The predicted molar refractivity (Wildman–Crippen MR) is 92.0 cm³/mol. The van der Waals surface area contributed by atoms with Gasteiger partial charge in [-0.3, -0.25) is 0 Å². The van der Waals surface area contributed by atoms with Crippen molar-refractivity contribution in [1.82, 2.24) is 0 Å². The second kappa shape index (κ2) is 8.84. The maximum absolute atomic E-state index is 5.95. The van der Waals surface area contributed by atoms with E-state index in [9.17, 15) is 0 Å². The molecule has 1 unspecified atom stereocenters. The van der Waals surface area contributed by atoms with Crippen LogP contribution < -0.4 is 4.46 Å². The second-order valence-corrected chi connectivity index (χ2v) is 7.13. The molecule has 0 amide bonds. The minimum atomic E-state index is 0.218. The topological polar surface area (TPSA) is 9.23 Å². The van der Waals surface area contributed by atoms with E-state index in [1.54, 1.807) is 0 Å². The standard InChI is InChI=1S/C19H22OSe/c1-3-18(20-4-2)19(15-16-11-7-5-8-12-16)21-17-13-9-6-10-14-17/h5-15,18H,3-4H2,1-2H3/b19-15-. The predicted octanol–water partition coefficient (Wildman–Crippen LogP) is 3.87. The average molecular weight is 345 g/mol. The molecule has 2 heteroatoms. The number of rotatable bonds is 7. The van der Waals surface area contributed by atoms with Gasteiger partial charge in [0.05, 0.1) is 0 Å². The van der Waals surface area contributed by atoms with E-state index in [0.717, 1.165) is 13.0 Å². The van der Waals surface area contributed by atoms with Crippen LogP contribution in [-0.2, 0) is 4.74 Å². The van der Waals surface area contributed by atoms with Gasteiger partial charge in [0.2, 0.25) is 0 Å². The average Bonchev–Trinajstić information content (AvgIpc) is 2.54. The molecule has 0 aliphatic rings. The summed E-state index contributed by atoms with van der Waals surface area (Å²) in [6.45, 7) is 5.02. The Kier molecular flexibility index (Phi) is 6.75. The van der Waals surface area contributed by atoms with Crippen molar-refractivity contribution in [1.29, 1.82) is 0 Å². The van der Waals surface area contributed by atoms with Gasteiger partial charge in [0.15, 0.2) is 0 Å². The molecule has 21 heavy (non-hydrogen) atoms. The Bertz CT molecular complexity index is 548. The van der Waals surface area contributed by atoms with Crippen molar-refractivity contribution in [3.8, 4) is 0 Å². The third-order valence-corrected chi connectivity index (χ3v) is 5.50. The van der Waals surface area contributed by atoms with E-state index in [2.05, 4.69) is 80.6 Å². The molecule has 2 aromatic carbocycles. The first-order chi connectivity index (χ1) is 10.3. The van der Waals surface area contributed by atoms with Gasteiger partial charge in [-0.15, -0.1) is 0 Å². The summed E-state index contributed by atoms with van der Waals surface area (Å²) >= 11 is 0.299. The Hall–Kier alpha value is -1.34. The molecule has 0 heterocycles. The summed E-state index contributed by atoms with van der Waals surface area (Å²) in [6, 6.07) is 21.2. The zero-order valence-electron chi connectivity index (χ0n) is 12.7. The number of ether oxygens (including phenoxy) is 1. The molecule has 0 aromatic heterocycles. The molecule has 0 aliphatic heterocycles. The molecule has 0 saturated heterocycles. The van der Waals surface area contributed by atoms with Crippen LogP contribution in [0.5, 0.6) is 0 Å². The van der Waals surface area contributed by atoms with E-state index in [0.29, 0.717) is 15.0 Å². The van der Waals surface area contributed by atoms with Gasteiger partial charge in [0.25, 0.3) is 0 Å². The third kappa shape index (κ3) is 5.17. The van der Waals surface area contributed by atoms with E-state index in [1.165, 1.54) is 14.5 Å². The van der Waals surface area contributed by atoms with Gasteiger partial charge in [-0.2, -0.15) is 0 Å². The van der Waals surface area contributed by atoms with E-state index in [4.69, 9.17) is 4.74 Å². The number of hydrogen-bond acceptors (Lipinski definition) is 1. The Morgan fingerprint density at radius 2 is 1.62 bits per heavy atom. The van der Waals surface area contributed by atoms with Crippen molar-refractivity contribution in [3.05, 3.63) is 70.7 Å². The SMILES string of the molecule is CCOC(CC)/C(=C/c1ccccc1)[Se]c1ccccc1. The first-order valence-electron chi connectivity index (χ1n) is 7.44. The molecule has 1 atom stereocenters. The summed E-state index contributed by atoms with van der Waals surface area (Å²) in [7, 11) is 0. The van der Waals surface area contributed by atoms with Crippen LogP contribution in [0.25, 0.3) is 6.08 Å². The van der Waals surface area contributed by atoms with Gasteiger partial charge in [0.1, 0.15) is 0 Å². The van der Waals surface area contributed by atoms with E-state index in [1.807, 2.05) is 0 Å². The van der Waals surface area contributed by atoms with Gasteiger partial charge in [0, 0.05) is 0 Å². The molecule has 0 spiro atoms. The molecule has 0 N–H and O–H groups in total. The van der Waals surface area contributed by atoms with Crippen molar-refractivity contribution in [2.24, 2.45) is 0 Å². The van der Waals surface area contributed by atoms with Crippen molar-refractivity contribution >= 4 is 25.5 Å². The van der Waals surface area contributed by atoms with Crippen LogP contribution in [0.3, 0.4) is 0 Å². The molecule has 0 fully saturated rings. The molecule has 0 bridgehead atoms. The molecule has 2 rings (SSSR count). The molecule has 110 valence electrons. The van der Waals surface area contributed by atoms with Crippen LogP contribution in [0.1, 0.15) is 25.8 Å². The maximum atomic E-state index is 5.95. The van der Waals surface area contributed by atoms with Crippen molar-refractivity contribution in [3.63, 3.8) is 0 Å². The van der Waals surface area contributed by atoms with Crippen LogP contribution in [0, 0.1) is 0 Å². The molecule has 0 saturated carbocycles. The Balaban J connectivity index is 2.27. The zero-order valence-corrected chi connectivity index (χ0v) is 14.4. The van der Waals surface area contributed by atoms with E-state index in [-0.39, 0.29) is 6.10 Å². The summed E-state index contributed by atoms with van der Waals surface area (Å²) in [4.78, 5) is 0. The summed E-state index contributed by atoms with van der Waals surface area (Å²) in [5.41, 5.74) is 1.25. The van der Waals surface area contributed by atoms with Crippen LogP contribution in [0.2, 0.25) is 0 Å². The van der Waals surface area contributed by atoms with Crippen LogP contribution in [0.4, 0.5) is 0 Å². The Morgan fingerprint density at radius 3 is 2.19 bits per heavy atom. The molecule has 0 aliphatic carbocycles. The van der Waals surface area contributed by atoms with Gasteiger partial charge < -0.3 is 0 Å². The third-order valence-electron chi connectivity index (χ3n) is 3.14. The Morgan fingerprint density at radius 1 is 1.00 bits per heavy atom. The van der Waals surface area contributed by atoms with Crippen LogP contribution in [-0.4, -0.2) is 27.7 Å². The van der Waals surface area contributed by atoms with Crippen molar-refractivity contribution in [2.45, 2.75) is 26.4 Å². The first kappa shape index (κ1) is 16.0. The van der Waals surface area contributed by atoms with Crippen molar-refractivity contribution < 1.29 is 4.74 Å². The Labute approximate surface area is 134 Å². The summed E-state index contributed by atoms with van der Waals surface area (Å²) in [6.07, 6.45) is 3.54. The normalized spacial score (nSPS) is 13.1. The summed E-state index contributed by atoms with van der Waals surface area (Å²) in [5, 5.41) is 0. The van der Waals surface area contributed by atoms with Crippen molar-refractivity contribution in [2.75, 3.05) is 6.61 Å². The van der Waals surface area contributed by atoms with Gasteiger partial charge in [-0.1, -0.05) is 0 Å². The molecule has 2 aromatic rings. The first-order valence-corrected chi connectivity index (χ1v) is 9.16. The van der Waals surface area contributed by atoms with Gasteiger partial charge in [-0.05, 0) is 0 Å². The second-order valence-electron chi connectivity index (χ2n) is 4.72.